The van der Waals surface area contributed by atoms with Crippen LogP contribution in [-0.2, 0) is 17.6 Å². The average Bonchev–Trinajstić information content (AvgIpc) is 3.27. The highest BCUT2D eigenvalue weighted by Crippen LogP contribution is 2.39. The van der Waals surface area contributed by atoms with Crippen molar-refractivity contribution in [3.8, 4) is 5.75 Å². The first kappa shape index (κ1) is 21.3. The van der Waals surface area contributed by atoms with Crippen molar-refractivity contribution in [2.24, 2.45) is 0 Å². The first-order valence-electron chi connectivity index (χ1n) is 9.70. The molecule has 6 nitrogen and oxygen atoms in total. The molecule has 1 aliphatic carbocycles. The van der Waals surface area contributed by atoms with E-state index >= 15 is 0 Å². The third-order valence-corrected chi connectivity index (χ3v) is 5.84. The topological polar surface area (TPSA) is 76.7 Å². The van der Waals surface area contributed by atoms with Crippen LogP contribution >= 0.6 is 23.6 Å². The van der Waals surface area contributed by atoms with Crippen molar-refractivity contribution in [1.82, 2.24) is 5.32 Å². The minimum atomic E-state index is -0.357. The smallest absolute Gasteiger partial charge is 0.341 e. The third kappa shape index (κ3) is 5.13. The monoisotopic (exact) mass is 432 g/mol. The predicted octanol–water partition coefficient (Wildman–Crippen LogP) is 4.33. The number of amides is 1. The summed E-state index contributed by atoms with van der Waals surface area (Å²) in [6, 6.07) is 6.94. The number of ether oxygens (including phenoxy) is 2. The zero-order valence-corrected chi connectivity index (χ0v) is 18.1. The van der Waals surface area contributed by atoms with Gasteiger partial charge in [-0.25, -0.2) is 4.79 Å². The quantitative estimate of drug-likeness (QED) is 0.501. The summed E-state index contributed by atoms with van der Waals surface area (Å²) < 4.78 is 10.8. The molecule has 0 atom stereocenters. The number of carbonyl (C=O) groups excluding carboxylic acids is 2. The number of rotatable bonds is 7. The Morgan fingerprint density at radius 3 is 2.83 bits per heavy atom. The molecule has 0 aliphatic heterocycles. The summed E-state index contributed by atoms with van der Waals surface area (Å²) in [6.45, 7) is 4.69. The number of esters is 1. The van der Waals surface area contributed by atoms with E-state index < -0.39 is 0 Å². The molecule has 1 aromatic carbocycles. The number of thiocarbonyl (C=S) groups is 1. The first-order valence-corrected chi connectivity index (χ1v) is 10.9. The minimum Gasteiger partial charge on any atom is -0.494 e. The molecule has 0 bridgehead atoms. The summed E-state index contributed by atoms with van der Waals surface area (Å²) in [4.78, 5) is 26.2. The molecule has 29 heavy (non-hydrogen) atoms. The highest BCUT2D eigenvalue weighted by Gasteiger charge is 2.28. The molecule has 1 heterocycles. The minimum absolute atomic E-state index is 0.139. The first-order chi connectivity index (χ1) is 14.0. The van der Waals surface area contributed by atoms with Gasteiger partial charge in [-0.1, -0.05) is 13.0 Å². The van der Waals surface area contributed by atoms with Gasteiger partial charge < -0.3 is 14.8 Å². The number of fused-ring (bicyclic) bond motifs is 1. The van der Waals surface area contributed by atoms with Gasteiger partial charge in [0, 0.05) is 10.4 Å². The van der Waals surface area contributed by atoms with E-state index in [0.29, 0.717) is 35.1 Å². The second-order valence-corrected chi connectivity index (χ2v) is 8.08. The van der Waals surface area contributed by atoms with Crippen LogP contribution in [0.1, 0.15) is 57.8 Å². The fourth-order valence-electron chi connectivity index (χ4n) is 3.17. The zero-order chi connectivity index (χ0) is 20.8. The van der Waals surface area contributed by atoms with Crippen LogP contribution in [0.4, 0.5) is 5.00 Å². The molecular formula is C21H24N2O4S2. The molecule has 0 radical (unpaired) electrons. The molecular weight excluding hydrogens is 408 g/mol. The van der Waals surface area contributed by atoms with Gasteiger partial charge in [-0.05, 0) is 68.6 Å². The highest BCUT2D eigenvalue weighted by atomic mass is 32.1. The Morgan fingerprint density at radius 2 is 2.07 bits per heavy atom. The molecule has 0 saturated carbocycles. The van der Waals surface area contributed by atoms with E-state index in [1.807, 2.05) is 13.0 Å². The molecule has 1 amide bonds. The molecule has 1 aliphatic rings. The van der Waals surface area contributed by atoms with Crippen LogP contribution < -0.4 is 15.4 Å². The zero-order valence-electron chi connectivity index (χ0n) is 16.5. The van der Waals surface area contributed by atoms with E-state index in [0.717, 1.165) is 31.2 Å². The second-order valence-electron chi connectivity index (χ2n) is 6.57. The van der Waals surface area contributed by atoms with E-state index in [-0.39, 0.29) is 17.0 Å². The van der Waals surface area contributed by atoms with Crippen molar-refractivity contribution >= 4 is 45.5 Å². The van der Waals surface area contributed by atoms with Gasteiger partial charge in [-0.2, -0.15) is 0 Å². The molecule has 0 unspecified atom stereocenters. The number of benzene rings is 1. The summed E-state index contributed by atoms with van der Waals surface area (Å²) in [7, 11) is 0. The lowest BCUT2D eigenvalue weighted by atomic mass is 10.1. The Morgan fingerprint density at radius 1 is 1.24 bits per heavy atom. The van der Waals surface area contributed by atoms with Crippen LogP contribution in [0.5, 0.6) is 5.75 Å². The highest BCUT2D eigenvalue weighted by molar-refractivity contribution is 7.80. The van der Waals surface area contributed by atoms with Crippen LogP contribution in [-0.4, -0.2) is 30.2 Å². The number of hydrogen-bond acceptors (Lipinski definition) is 6. The molecule has 2 aromatic rings. The maximum absolute atomic E-state index is 12.5. The largest absolute Gasteiger partial charge is 0.494 e. The predicted molar refractivity (Wildman–Crippen MR) is 118 cm³/mol. The molecule has 1 aromatic heterocycles. The van der Waals surface area contributed by atoms with E-state index in [1.54, 1.807) is 25.1 Å². The standard InChI is InChI=1S/C21H24N2O4S2/c1-3-11-27-14-8-5-7-13(12-14)18(24)22-21(28)23-19-17(20(25)26-4-2)15-9-6-10-16(15)29-19/h5,7-8,12H,3-4,6,9-11H2,1-2H3,(H2,22,23,24,28). The number of nitrogens with one attached hydrogen (secondary N) is 2. The van der Waals surface area contributed by atoms with Gasteiger partial charge in [0.2, 0.25) is 0 Å². The van der Waals surface area contributed by atoms with Gasteiger partial charge in [0.05, 0.1) is 18.8 Å². The molecule has 2 N–H and O–H groups in total. The molecule has 154 valence electrons. The van der Waals surface area contributed by atoms with Crippen molar-refractivity contribution in [1.29, 1.82) is 0 Å². The lowest BCUT2D eigenvalue weighted by Crippen LogP contribution is -2.34. The fourth-order valence-corrected chi connectivity index (χ4v) is 4.71. The maximum Gasteiger partial charge on any atom is 0.341 e. The van der Waals surface area contributed by atoms with Crippen molar-refractivity contribution in [3.05, 3.63) is 45.8 Å². The Labute approximate surface area is 179 Å². The number of anilines is 1. The molecule has 0 fully saturated rings. The van der Waals surface area contributed by atoms with E-state index in [1.165, 1.54) is 16.2 Å². The van der Waals surface area contributed by atoms with Gasteiger partial charge in [0.25, 0.3) is 5.91 Å². The van der Waals surface area contributed by atoms with Crippen LogP contribution in [0.15, 0.2) is 24.3 Å². The number of hydrogen-bond donors (Lipinski definition) is 2. The summed E-state index contributed by atoms with van der Waals surface area (Å²) >= 11 is 6.81. The second kappa shape index (κ2) is 9.84. The van der Waals surface area contributed by atoms with E-state index in [4.69, 9.17) is 21.7 Å². The van der Waals surface area contributed by atoms with Crippen LogP contribution in [0, 0.1) is 0 Å². The van der Waals surface area contributed by atoms with Crippen molar-refractivity contribution in [2.75, 3.05) is 18.5 Å². The SMILES string of the molecule is CCCOc1cccc(C(=O)NC(=S)Nc2sc3c(c2C(=O)OCC)CCC3)c1. The number of thiophene rings is 1. The lowest BCUT2D eigenvalue weighted by Gasteiger charge is -2.11. The Bertz CT molecular complexity index is 923. The lowest BCUT2D eigenvalue weighted by molar-refractivity contribution is 0.0527. The van der Waals surface area contributed by atoms with Crippen LogP contribution in [0.3, 0.4) is 0 Å². The average molecular weight is 433 g/mol. The van der Waals surface area contributed by atoms with E-state index in [2.05, 4.69) is 10.6 Å². The number of aryl methyl sites for hydroxylation is 1. The Kier molecular flexibility index (Phi) is 7.22. The van der Waals surface area contributed by atoms with Crippen molar-refractivity contribution in [2.45, 2.75) is 39.5 Å². The summed E-state index contributed by atoms with van der Waals surface area (Å²) in [5.41, 5.74) is 2.02. The summed E-state index contributed by atoms with van der Waals surface area (Å²) in [5, 5.41) is 6.45. The van der Waals surface area contributed by atoms with Gasteiger partial charge >= 0.3 is 5.97 Å². The van der Waals surface area contributed by atoms with Crippen molar-refractivity contribution in [3.63, 3.8) is 0 Å². The molecule has 8 heteroatoms. The van der Waals surface area contributed by atoms with Gasteiger partial charge in [-0.15, -0.1) is 11.3 Å². The summed E-state index contributed by atoms with van der Waals surface area (Å²) in [5.74, 6) is -0.0619. The van der Waals surface area contributed by atoms with Crippen LogP contribution in [0.25, 0.3) is 0 Å². The van der Waals surface area contributed by atoms with Crippen molar-refractivity contribution < 1.29 is 19.1 Å². The molecule has 0 spiro atoms. The number of carbonyl (C=O) groups is 2. The van der Waals surface area contributed by atoms with Gasteiger partial charge in [0.1, 0.15) is 10.8 Å². The fraction of sp³-hybridized carbons (Fsp3) is 0.381. The third-order valence-electron chi connectivity index (χ3n) is 4.42. The normalized spacial score (nSPS) is 12.2. The molecule has 0 saturated heterocycles. The maximum atomic E-state index is 12.5. The van der Waals surface area contributed by atoms with Gasteiger partial charge in [-0.3, -0.25) is 10.1 Å². The van der Waals surface area contributed by atoms with Crippen LogP contribution in [0.2, 0.25) is 0 Å². The molecule has 3 rings (SSSR count). The summed E-state index contributed by atoms with van der Waals surface area (Å²) in [6.07, 6.45) is 3.71. The van der Waals surface area contributed by atoms with Gasteiger partial charge in [0.15, 0.2) is 5.11 Å². The Balaban J connectivity index is 1.70. The Hall–Kier alpha value is -2.45. The van der Waals surface area contributed by atoms with E-state index in [9.17, 15) is 9.59 Å².